The second-order valence-electron chi connectivity index (χ2n) is 8.15. The molecule has 2 aromatic rings. The number of oxazole rings is 1. The highest BCUT2D eigenvalue weighted by Crippen LogP contribution is 2.25. The monoisotopic (exact) mass is 411 g/mol. The van der Waals surface area contributed by atoms with Gasteiger partial charge in [-0.25, -0.2) is 4.98 Å². The average Bonchev–Trinajstić information content (AvgIpc) is 3.23. The van der Waals surface area contributed by atoms with Gasteiger partial charge in [0.2, 0.25) is 5.91 Å². The van der Waals surface area contributed by atoms with E-state index in [1.165, 1.54) is 6.39 Å². The van der Waals surface area contributed by atoms with Crippen LogP contribution in [0.4, 0.5) is 0 Å². The number of pyridine rings is 1. The zero-order valence-corrected chi connectivity index (χ0v) is 17.4. The molecule has 2 saturated heterocycles. The van der Waals surface area contributed by atoms with Crippen molar-refractivity contribution in [2.24, 2.45) is 5.92 Å². The van der Waals surface area contributed by atoms with Crippen molar-refractivity contribution in [2.45, 2.75) is 45.2 Å². The van der Waals surface area contributed by atoms with Gasteiger partial charge in [-0.3, -0.25) is 19.5 Å². The summed E-state index contributed by atoms with van der Waals surface area (Å²) in [5, 5.41) is 3.04. The Kier molecular flexibility index (Phi) is 6.42. The molecule has 4 rings (SSSR count). The number of likely N-dealkylation sites (tertiary alicyclic amines) is 2. The predicted molar refractivity (Wildman–Crippen MR) is 111 cm³/mol. The molecule has 8 heteroatoms. The number of aromatic nitrogens is 2. The Morgan fingerprint density at radius 3 is 2.70 bits per heavy atom. The van der Waals surface area contributed by atoms with E-state index in [4.69, 9.17) is 4.42 Å². The van der Waals surface area contributed by atoms with Crippen LogP contribution in [0.15, 0.2) is 35.2 Å². The van der Waals surface area contributed by atoms with Crippen molar-refractivity contribution in [1.82, 2.24) is 25.1 Å². The molecule has 1 N–H and O–H groups in total. The van der Waals surface area contributed by atoms with E-state index in [-0.39, 0.29) is 17.7 Å². The number of piperidine rings is 2. The van der Waals surface area contributed by atoms with E-state index in [1.807, 2.05) is 23.1 Å². The van der Waals surface area contributed by atoms with Crippen LogP contribution in [0.3, 0.4) is 0 Å². The summed E-state index contributed by atoms with van der Waals surface area (Å²) >= 11 is 0. The van der Waals surface area contributed by atoms with E-state index in [9.17, 15) is 9.59 Å². The number of nitrogens with one attached hydrogen (secondary N) is 1. The smallest absolute Gasteiger partial charge is 0.276 e. The Bertz CT molecular complexity index is 861. The molecule has 30 heavy (non-hydrogen) atoms. The number of rotatable bonds is 5. The summed E-state index contributed by atoms with van der Waals surface area (Å²) in [5.41, 5.74) is 1.29. The van der Waals surface area contributed by atoms with Crippen molar-refractivity contribution in [1.29, 1.82) is 0 Å². The third kappa shape index (κ3) is 4.70. The van der Waals surface area contributed by atoms with Gasteiger partial charge in [0.15, 0.2) is 12.1 Å². The van der Waals surface area contributed by atoms with Crippen LogP contribution in [-0.4, -0.2) is 63.8 Å². The van der Waals surface area contributed by atoms with Crippen molar-refractivity contribution in [3.63, 3.8) is 0 Å². The van der Waals surface area contributed by atoms with Gasteiger partial charge in [0.1, 0.15) is 5.76 Å². The first-order chi connectivity index (χ1) is 14.6. The largest absolute Gasteiger partial charge is 0.448 e. The molecule has 160 valence electrons. The fraction of sp³-hybridized carbons (Fsp3) is 0.545. The van der Waals surface area contributed by atoms with Gasteiger partial charge in [-0.15, -0.1) is 0 Å². The molecule has 2 aliphatic rings. The van der Waals surface area contributed by atoms with E-state index < -0.39 is 0 Å². The van der Waals surface area contributed by atoms with Crippen LogP contribution >= 0.6 is 0 Å². The molecule has 0 unspecified atom stereocenters. The van der Waals surface area contributed by atoms with Gasteiger partial charge >= 0.3 is 0 Å². The van der Waals surface area contributed by atoms with Crippen molar-refractivity contribution in [3.8, 4) is 0 Å². The lowest BCUT2D eigenvalue weighted by Gasteiger charge is -2.41. The number of hydrogen-bond acceptors (Lipinski definition) is 6. The highest BCUT2D eigenvalue weighted by molar-refractivity contribution is 5.93. The summed E-state index contributed by atoms with van der Waals surface area (Å²) in [4.78, 5) is 37.9. The van der Waals surface area contributed by atoms with Crippen molar-refractivity contribution < 1.29 is 14.0 Å². The summed E-state index contributed by atoms with van der Waals surface area (Å²) in [5.74, 6) is 0.641. The molecule has 0 radical (unpaired) electrons. The lowest BCUT2D eigenvalue weighted by Crippen LogP contribution is -2.51. The van der Waals surface area contributed by atoms with Crippen molar-refractivity contribution >= 4 is 11.8 Å². The van der Waals surface area contributed by atoms with Gasteiger partial charge in [-0.05, 0) is 51.3 Å². The van der Waals surface area contributed by atoms with Crippen LogP contribution in [-0.2, 0) is 11.3 Å². The maximum atomic E-state index is 12.7. The second kappa shape index (κ2) is 9.38. The van der Waals surface area contributed by atoms with Crippen molar-refractivity contribution in [2.75, 3.05) is 26.2 Å². The van der Waals surface area contributed by atoms with Crippen LogP contribution < -0.4 is 5.32 Å². The normalized spacial score (nSPS) is 20.8. The molecular formula is C22H29N5O3. The lowest BCUT2D eigenvalue weighted by atomic mass is 9.93. The Hall–Kier alpha value is -2.74. The van der Waals surface area contributed by atoms with Crippen LogP contribution in [0.1, 0.15) is 47.6 Å². The minimum absolute atomic E-state index is 0.0138. The fourth-order valence-electron chi connectivity index (χ4n) is 4.47. The number of carbonyl (C=O) groups is 2. The summed E-state index contributed by atoms with van der Waals surface area (Å²) in [7, 11) is 0. The maximum Gasteiger partial charge on any atom is 0.276 e. The first-order valence-electron chi connectivity index (χ1n) is 10.7. The second-order valence-corrected chi connectivity index (χ2v) is 8.15. The number of hydrogen-bond donors (Lipinski definition) is 1. The Balaban J connectivity index is 1.26. The van der Waals surface area contributed by atoms with E-state index in [0.717, 1.165) is 44.5 Å². The summed E-state index contributed by atoms with van der Waals surface area (Å²) in [6, 6.07) is 6.13. The molecule has 0 aliphatic carbocycles. The number of carbonyl (C=O) groups excluding carboxylic acids is 2. The Labute approximate surface area is 176 Å². The lowest BCUT2D eigenvalue weighted by molar-refractivity contribution is -0.127. The molecule has 2 amide bonds. The van der Waals surface area contributed by atoms with Gasteiger partial charge in [0.05, 0.1) is 18.2 Å². The molecule has 2 aromatic heterocycles. The summed E-state index contributed by atoms with van der Waals surface area (Å²) < 4.78 is 5.17. The molecule has 0 aromatic carbocycles. The quantitative estimate of drug-likeness (QED) is 0.809. The molecule has 0 bridgehead atoms. The van der Waals surface area contributed by atoms with Gasteiger partial charge in [0.25, 0.3) is 5.91 Å². The molecule has 2 fully saturated rings. The van der Waals surface area contributed by atoms with E-state index >= 15 is 0 Å². The van der Waals surface area contributed by atoms with E-state index in [1.54, 1.807) is 13.1 Å². The van der Waals surface area contributed by atoms with Crippen LogP contribution in [0, 0.1) is 12.8 Å². The standard InChI is InChI=1S/C22H29N5O3/c1-16-20(25-15-30-16)22(29)26-11-7-19(8-12-26)27-10-4-5-17(14-27)21(28)24-13-18-6-2-3-9-23-18/h2-3,6,9,15,17,19H,4-5,7-8,10-14H2,1H3,(H,24,28)/t17-/m1/s1. The zero-order valence-electron chi connectivity index (χ0n) is 17.4. The zero-order chi connectivity index (χ0) is 20.9. The topological polar surface area (TPSA) is 91.6 Å². The summed E-state index contributed by atoms with van der Waals surface area (Å²) in [6.45, 7) is 5.46. The minimum Gasteiger partial charge on any atom is -0.448 e. The highest BCUT2D eigenvalue weighted by atomic mass is 16.3. The fourth-order valence-corrected chi connectivity index (χ4v) is 4.47. The minimum atomic E-state index is -0.0508. The third-order valence-corrected chi connectivity index (χ3v) is 6.21. The molecule has 0 spiro atoms. The first-order valence-corrected chi connectivity index (χ1v) is 10.7. The number of amides is 2. The molecule has 0 saturated carbocycles. The Morgan fingerprint density at radius 2 is 2.00 bits per heavy atom. The van der Waals surface area contributed by atoms with Gasteiger partial charge in [-0.1, -0.05) is 6.07 Å². The molecule has 4 heterocycles. The number of aryl methyl sites for hydroxylation is 1. The van der Waals surface area contributed by atoms with Crippen LogP contribution in [0.2, 0.25) is 0 Å². The SMILES string of the molecule is Cc1ocnc1C(=O)N1CCC(N2CCC[C@@H](C(=O)NCc3ccccn3)C2)CC1. The molecular weight excluding hydrogens is 382 g/mol. The molecule has 2 aliphatic heterocycles. The van der Waals surface area contributed by atoms with Gasteiger partial charge in [-0.2, -0.15) is 0 Å². The van der Waals surface area contributed by atoms with Gasteiger partial charge in [0, 0.05) is 31.9 Å². The number of nitrogens with zero attached hydrogens (tertiary/aromatic N) is 4. The molecule has 1 atom stereocenters. The van der Waals surface area contributed by atoms with Crippen molar-refractivity contribution in [3.05, 3.63) is 47.9 Å². The Morgan fingerprint density at radius 1 is 1.17 bits per heavy atom. The summed E-state index contributed by atoms with van der Waals surface area (Å²) in [6.07, 6.45) is 6.86. The highest BCUT2D eigenvalue weighted by Gasteiger charge is 2.33. The average molecular weight is 412 g/mol. The van der Waals surface area contributed by atoms with E-state index in [2.05, 4.69) is 20.2 Å². The predicted octanol–water partition coefficient (Wildman–Crippen LogP) is 2.01. The molecule has 8 nitrogen and oxygen atoms in total. The maximum absolute atomic E-state index is 12.7. The van der Waals surface area contributed by atoms with Crippen LogP contribution in [0.5, 0.6) is 0 Å². The first kappa shape index (κ1) is 20.5. The van der Waals surface area contributed by atoms with Gasteiger partial charge < -0.3 is 14.6 Å². The van der Waals surface area contributed by atoms with Crippen LogP contribution in [0.25, 0.3) is 0 Å². The van der Waals surface area contributed by atoms with E-state index in [0.29, 0.717) is 37.1 Å². The third-order valence-electron chi connectivity index (χ3n) is 6.21.